The van der Waals surface area contributed by atoms with Crippen molar-refractivity contribution in [2.75, 3.05) is 31.6 Å². The Labute approximate surface area is 179 Å². The number of ether oxygens (including phenoxy) is 1. The van der Waals surface area contributed by atoms with Gasteiger partial charge in [0.05, 0.1) is 18.1 Å². The van der Waals surface area contributed by atoms with Gasteiger partial charge < -0.3 is 10.1 Å². The van der Waals surface area contributed by atoms with Crippen molar-refractivity contribution < 1.29 is 17.9 Å². The summed E-state index contributed by atoms with van der Waals surface area (Å²) in [4.78, 5) is 12.5. The lowest BCUT2D eigenvalue weighted by Crippen LogP contribution is -2.40. The zero-order chi connectivity index (χ0) is 21.8. The van der Waals surface area contributed by atoms with Gasteiger partial charge in [0.25, 0.3) is 0 Å². The number of anilines is 1. The van der Waals surface area contributed by atoms with Crippen molar-refractivity contribution in [1.29, 1.82) is 0 Å². The van der Waals surface area contributed by atoms with Crippen LogP contribution in [0.5, 0.6) is 0 Å². The van der Waals surface area contributed by atoms with E-state index in [4.69, 9.17) is 4.74 Å². The van der Waals surface area contributed by atoms with Crippen molar-refractivity contribution in [2.45, 2.75) is 43.9 Å². The van der Waals surface area contributed by atoms with Gasteiger partial charge in [-0.3, -0.25) is 4.79 Å². The molecule has 7 heteroatoms. The Morgan fingerprint density at radius 3 is 2.17 bits per heavy atom. The van der Waals surface area contributed by atoms with E-state index in [-0.39, 0.29) is 16.2 Å². The standard InChI is InChI=1S/C23H30N2O4S/c1-23(2,3)19-7-9-20(10-8-19)24-22(26)13-6-18-4-11-21(12-5-18)30(27,28)25-14-16-29-17-15-25/h4-5,7-12H,6,13-17H2,1-3H3,(H,24,26). The van der Waals surface area contributed by atoms with Crippen molar-refractivity contribution in [3.05, 3.63) is 59.7 Å². The van der Waals surface area contributed by atoms with E-state index < -0.39 is 10.0 Å². The number of amides is 1. The molecule has 162 valence electrons. The van der Waals surface area contributed by atoms with Crippen molar-refractivity contribution >= 4 is 21.6 Å². The quantitative estimate of drug-likeness (QED) is 0.760. The van der Waals surface area contributed by atoms with Gasteiger partial charge in [-0.1, -0.05) is 45.0 Å². The molecule has 2 aromatic carbocycles. The van der Waals surface area contributed by atoms with Crippen LogP contribution in [0, 0.1) is 0 Å². The van der Waals surface area contributed by atoms with Gasteiger partial charge in [0, 0.05) is 25.2 Å². The van der Waals surface area contributed by atoms with Gasteiger partial charge in [0.15, 0.2) is 0 Å². The first-order valence-electron chi connectivity index (χ1n) is 10.2. The zero-order valence-electron chi connectivity index (χ0n) is 17.8. The van der Waals surface area contributed by atoms with E-state index in [2.05, 4.69) is 26.1 Å². The van der Waals surface area contributed by atoms with Crippen LogP contribution in [0.4, 0.5) is 5.69 Å². The van der Waals surface area contributed by atoms with Crippen LogP contribution in [0.3, 0.4) is 0 Å². The molecule has 0 saturated carbocycles. The highest BCUT2D eigenvalue weighted by atomic mass is 32.2. The molecule has 1 N–H and O–H groups in total. The smallest absolute Gasteiger partial charge is 0.243 e. The minimum atomic E-state index is -3.49. The van der Waals surface area contributed by atoms with Crippen molar-refractivity contribution in [2.24, 2.45) is 0 Å². The molecule has 0 aromatic heterocycles. The number of benzene rings is 2. The van der Waals surface area contributed by atoms with Gasteiger partial charge in [-0.2, -0.15) is 4.31 Å². The second-order valence-corrected chi connectivity index (χ2v) is 10.5. The second-order valence-electron chi connectivity index (χ2n) is 8.54. The fourth-order valence-corrected chi connectivity index (χ4v) is 4.71. The van der Waals surface area contributed by atoms with Crippen molar-refractivity contribution in [3.8, 4) is 0 Å². The first-order valence-corrected chi connectivity index (χ1v) is 11.7. The highest BCUT2D eigenvalue weighted by molar-refractivity contribution is 7.89. The maximum absolute atomic E-state index is 12.7. The Morgan fingerprint density at radius 2 is 1.60 bits per heavy atom. The van der Waals surface area contributed by atoms with Crippen LogP contribution < -0.4 is 5.32 Å². The summed E-state index contributed by atoms with van der Waals surface area (Å²) >= 11 is 0. The van der Waals surface area contributed by atoms with Gasteiger partial charge in [0.1, 0.15) is 0 Å². The lowest BCUT2D eigenvalue weighted by atomic mass is 9.87. The Hall–Kier alpha value is -2.22. The number of carbonyl (C=O) groups is 1. The van der Waals surface area contributed by atoms with Crippen LogP contribution in [0.25, 0.3) is 0 Å². The van der Waals surface area contributed by atoms with Gasteiger partial charge in [0.2, 0.25) is 15.9 Å². The van der Waals surface area contributed by atoms with Crippen LogP contribution in [0.2, 0.25) is 0 Å². The number of hydrogen-bond donors (Lipinski definition) is 1. The third-order valence-corrected chi connectivity index (χ3v) is 7.12. The van der Waals surface area contributed by atoms with Crippen LogP contribution in [-0.2, 0) is 31.4 Å². The Balaban J connectivity index is 1.54. The van der Waals surface area contributed by atoms with Crippen LogP contribution in [0.1, 0.15) is 38.3 Å². The first kappa shape index (κ1) is 22.5. The molecule has 30 heavy (non-hydrogen) atoms. The SMILES string of the molecule is CC(C)(C)c1ccc(NC(=O)CCc2ccc(S(=O)(=O)N3CCOCC3)cc2)cc1. The molecule has 1 fully saturated rings. The molecule has 1 saturated heterocycles. The monoisotopic (exact) mass is 430 g/mol. The number of hydrogen-bond acceptors (Lipinski definition) is 4. The van der Waals surface area contributed by atoms with E-state index in [1.54, 1.807) is 24.3 Å². The second kappa shape index (κ2) is 9.29. The molecule has 0 unspecified atom stereocenters. The number of rotatable bonds is 6. The summed E-state index contributed by atoms with van der Waals surface area (Å²) in [7, 11) is -3.49. The van der Waals surface area contributed by atoms with Crippen molar-refractivity contribution in [1.82, 2.24) is 4.31 Å². The van der Waals surface area contributed by atoms with E-state index in [0.717, 1.165) is 11.3 Å². The van der Waals surface area contributed by atoms with Crippen LogP contribution >= 0.6 is 0 Å². The molecule has 0 radical (unpaired) electrons. The summed E-state index contributed by atoms with van der Waals surface area (Å²) in [5.74, 6) is -0.0662. The molecular weight excluding hydrogens is 400 g/mol. The lowest BCUT2D eigenvalue weighted by molar-refractivity contribution is -0.116. The predicted octanol–water partition coefficient (Wildman–Crippen LogP) is 3.58. The molecule has 6 nitrogen and oxygen atoms in total. The Kier molecular flexibility index (Phi) is 6.95. The van der Waals surface area contributed by atoms with Gasteiger partial charge in [-0.15, -0.1) is 0 Å². The van der Waals surface area contributed by atoms with E-state index in [9.17, 15) is 13.2 Å². The molecule has 1 amide bonds. The summed E-state index contributed by atoms with van der Waals surface area (Å²) in [6.45, 7) is 8.05. The Morgan fingerprint density at radius 1 is 1.00 bits per heavy atom. The number of morpholine rings is 1. The topological polar surface area (TPSA) is 75.7 Å². The summed E-state index contributed by atoms with van der Waals surface area (Å²) in [5, 5.41) is 2.92. The predicted molar refractivity (Wildman–Crippen MR) is 118 cm³/mol. The molecular formula is C23H30N2O4S. The average molecular weight is 431 g/mol. The van der Waals surface area contributed by atoms with E-state index >= 15 is 0 Å². The van der Waals surface area contributed by atoms with E-state index in [1.807, 2.05) is 24.3 Å². The number of nitrogens with zero attached hydrogens (tertiary/aromatic N) is 1. The number of nitrogens with one attached hydrogen (secondary N) is 1. The fourth-order valence-electron chi connectivity index (χ4n) is 3.30. The molecule has 1 heterocycles. The molecule has 2 aromatic rings. The summed E-state index contributed by atoms with van der Waals surface area (Å²) in [6.07, 6.45) is 0.875. The van der Waals surface area contributed by atoms with Crippen LogP contribution in [0.15, 0.2) is 53.4 Å². The zero-order valence-corrected chi connectivity index (χ0v) is 18.7. The lowest BCUT2D eigenvalue weighted by Gasteiger charge is -2.26. The van der Waals surface area contributed by atoms with Gasteiger partial charge in [-0.25, -0.2) is 8.42 Å². The molecule has 1 aliphatic rings. The number of aryl methyl sites for hydroxylation is 1. The van der Waals surface area contributed by atoms with Gasteiger partial charge >= 0.3 is 0 Å². The number of sulfonamides is 1. The maximum Gasteiger partial charge on any atom is 0.243 e. The third kappa shape index (κ3) is 5.68. The van der Waals surface area contributed by atoms with E-state index in [1.165, 1.54) is 9.87 Å². The highest BCUT2D eigenvalue weighted by Gasteiger charge is 2.26. The normalized spacial score (nSPS) is 15.7. The summed E-state index contributed by atoms with van der Waals surface area (Å²) in [6, 6.07) is 14.7. The van der Waals surface area contributed by atoms with Gasteiger partial charge in [-0.05, 0) is 47.2 Å². The Bertz CT molecular complexity index is 956. The largest absolute Gasteiger partial charge is 0.379 e. The fraction of sp³-hybridized carbons (Fsp3) is 0.435. The van der Waals surface area contributed by atoms with E-state index in [0.29, 0.717) is 39.1 Å². The number of carbonyl (C=O) groups excluding carboxylic acids is 1. The molecule has 0 atom stereocenters. The average Bonchev–Trinajstić information content (AvgIpc) is 2.73. The first-order chi connectivity index (χ1) is 14.2. The van der Waals surface area contributed by atoms with Crippen molar-refractivity contribution in [3.63, 3.8) is 0 Å². The van der Waals surface area contributed by atoms with Crippen LogP contribution in [-0.4, -0.2) is 44.9 Å². The third-order valence-electron chi connectivity index (χ3n) is 5.21. The minimum Gasteiger partial charge on any atom is -0.379 e. The molecule has 3 rings (SSSR count). The summed E-state index contributed by atoms with van der Waals surface area (Å²) < 4.78 is 32.0. The molecule has 0 bridgehead atoms. The summed E-state index contributed by atoms with van der Waals surface area (Å²) in [5.41, 5.74) is 2.99. The highest BCUT2D eigenvalue weighted by Crippen LogP contribution is 2.23. The minimum absolute atomic E-state index is 0.0662. The molecule has 0 spiro atoms. The molecule has 1 aliphatic heterocycles. The molecule has 0 aliphatic carbocycles. The maximum atomic E-state index is 12.7.